The van der Waals surface area contributed by atoms with Crippen LogP contribution in [0.2, 0.25) is 0 Å². The molecule has 6 nitrogen and oxygen atoms in total. The van der Waals surface area contributed by atoms with Crippen LogP contribution in [0.1, 0.15) is 58.6 Å². The average molecular weight is 405 g/mol. The minimum atomic E-state index is -0.475. The summed E-state index contributed by atoms with van der Waals surface area (Å²) < 4.78 is 9.82. The molecule has 1 amide bonds. The number of esters is 1. The lowest BCUT2D eigenvalue weighted by Crippen LogP contribution is -2.32. The lowest BCUT2D eigenvalue weighted by atomic mass is 9.86. The Labute approximate surface area is 170 Å². The highest BCUT2D eigenvalue weighted by Gasteiger charge is 2.20. The van der Waals surface area contributed by atoms with E-state index in [4.69, 9.17) is 9.47 Å². The van der Waals surface area contributed by atoms with Crippen molar-refractivity contribution in [2.75, 3.05) is 27.4 Å². The summed E-state index contributed by atoms with van der Waals surface area (Å²) in [5.41, 5.74) is 2.11. The van der Waals surface area contributed by atoms with Gasteiger partial charge in [0.05, 0.1) is 13.7 Å². The van der Waals surface area contributed by atoms with Gasteiger partial charge in [-0.2, -0.15) is 0 Å². The van der Waals surface area contributed by atoms with Gasteiger partial charge in [-0.1, -0.05) is 32.9 Å². The molecule has 0 aliphatic rings. The van der Waals surface area contributed by atoms with Gasteiger partial charge >= 0.3 is 5.97 Å². The van der Waals surface area contributed by atoms with Crippen molar-refractivity contribution in [3.8, 4) is 0 Å². The molecule has 0 aliphatic carbocycles. The third-order valence-electron chi connectivity index (χ3n) is 4.33. The zero-order valence-corrected chi connectivity index (χ0v) is 18.0. The molecule has 0 spiro atoms. The largest absolute Gasteiger partial charge is 0.464 e. The number of benzene rings is 1. The van der Waals surface area contributed by atoms with Crippen LogP contribution in [0.3, 0.4) is 0 Å². The summed E-state index contributed by atoms with van der Waals surface area (Å²) in [7, 11) is 2.96. The standard InChI is InChI=1S/C21H28N2O4S/c1-21(2,3)16-9-7-15(8-10-16)19(24)23(11-6-12-26-4)13-18-22-17(14-28-18)20(25)27-5/h7-10,14H,6,11-13H2,1-5H3. The van der Waals surface area contributed by atoms with Gasteiger partial charge in [-0.3, -0.25) is 4.79 Å². The topological polar surface area (TPSA) is 68.7 Å². The molecular weight excluding hydrogens is 376 g/mol. The first-order valence-electron chi connectivity index (χ1n) is 9.17. The summed E-state index contributed by atoms with van der Waals surface area (Å²) in [5.74, 6) is -0.538. The fourth-order valence-corrected chi connectivity index (χ4v) is 3.47. The first-order chi connectivity index (χ1) is 13.3. The molecule has 0 N–H and O–H groups in total. The van der Waals surface area contributed by atoms with E-state index >= 15 is 0 Å². The number of ether oxygens (including phenoxy) is 2. The summed E-state index contributed by atoms with van der Waals surface area (Å²) in [6.45, 7) is 7.87. The number of amides is 1. The van der Waals surface area contributed by atoms with E-state index in [-0.39, 0.29) is 17.0 Å². The van der Waals surface area contributed by atoms with Crippen LogP contribution in [-0.4, -0.2) is 49.1 Å². The van der Waals surface area contributed by atoms with Crippen LogP contribution in [0.5, 0.6) is 0 Å². The number of hydrogen-bond donors (Lipinski definition) is 0. The molecule has 0 fully saturated rings. The number of hydrogen-bond acceptors (Lipinski definition) is 6. The van der Waals surface area contributed by atoms with Gasteiger partial charge in [-0.25, -0.2) is 9.78 Å². The van der Waals surface area contributed by atoms with E-state index in [1.807, 2.05) is 24.3 Å². The summed E-state index contributed by atoms with van der Waals surface area (Å²) in [6, 6.07) is 7.74. The van der Waals surface area contributed by atoms with Gasteiger partial charge in [0.1, 0.15) is 5.01 Å². The summed E-state index contributed by atoms with van der Waals surface area (Å²) in [5, 5.41) is 2.34. The van der Waals surface area contributed by atoms with Crippen molar-refractivity contribution in [2.45, 2.75) is 39.2 Å². The molecule has 0 atom stereocenters. The highest BCUT2D eigenvalue weighted by atomic mass is 32.1. The van der Waals surface area contributed by atoms with Crippen LogP contribution in [0, 0.1) is 0 Å². The molecule has 0 aliphatic heterocycles. The fourth-order valence-electron chi connectivity index (χ4n) is 2.69. The van der Waals surface area contributed by atoms with E-state index in [1.165, 1.54) is 24.0 Å². The second kappa shape index (κ2) is 9.80. The summed E-state index contributed by atoms with van der Waals surface area (Å²) in [4.78, 5) is 30.7. The average Bonchev–Trinajstić information content (AvgIpc) is 3.14. The highest BCUT2D eigenvalue weighted by molar-refractivity contribution is 7.09. The van der Waals surface area contributed by atoms with Gasteiger partial charge in [0, 0.05) is 31.2 Å². The van der Waals surface area contributed by atoms with Crippen LogP contribution < -0.4 is 0 Å². The number of aromatic nitrogens is 1. The van der Waals surface area contributed by atoms with E-state index in [9.17, 15) is 9.59 Å². The zero-order chi connectivity index (χ0) is 20.7. The first kappa shape index (κ1) is 22.0. The fraction of sp³-hybridized carbons (Fsp3) is 0.476. The number of methoxy groups -OCH3 is 2. The Hall–Kier alpha value is -2.25. The molecule has 0 saturated heterocycles. The van der Waals surface area contributed by atoms with E-state index in [1.54, 1.807) is 17.4 Å². The Morgan fingerprint density at radius 1 is 1.14 bits per heavy atom. The monoisotopic (exact) mass is 404 g/mol. The number of rotatable bonds is 8. The Kier molecular flexibility index (Phi) is 7.71. The van der Waals surface area contributed by atoms with Crippen LogP contribution in [0.15, 0.2) is 29.6 Å². The molecule has 1 aromatic carbocycles. The molecule has 28 heavy (non-hydrogen) atoms. The van der Waals surface area contributed by atoms with Gasteiger partial charge in [0.25, 0.3) is 5.91 Å². The SMILES string of the molecule is COCCCN(Cc1nc(C(=O)OC)cs1)C(=O)c1ccc(C(C)(C)C)cc1. The Bertz CT molecular complexity index is 793. The molecule has 0 saturated carbocycles. The van der Waals surface area contributed by atoms with Crippen LogP contribution >= 0.6 is 11.3 Å². The molecule has 2 rings (SSSR count). The minimum Gasteiger partial charge on any atom is -0.464 e. The molecule has 7 heteroatoms. The second-order valence-corrected chi connectivity index (χ2v) is 8.46. The second-order valence-electron chi connectivity index (χ2n) is 7.52. The van der Waals surface area contributed by atoms with Crippen molar-refractivity contribution in [2.24, 2.45) is 0 Å². The number of nitrogens with zero attached hydrogens (tertiary/aromatic N) is 2. The van der Waals surface area contributed by atoms with E-state index < -0.39 is 5.97 Å². The maximum Gasteiger partial charge on any atom is 0.357 e. The van der Waals surface area contributed by atoms with Crippen LogP contribution in [0.4, 0.5) is 0 Å². The van der Waals surface area contributed by atoms with Gasteiger partial charge in [-0.15, -0.1) is 11.3 Å². The van der Waals surface area contributed by atoms with E-state index in [2.05, 4.69) is 25.8 Å². The van der Waals surface area contributed by atoms with Gasteiger partial charge < -0.3 is 14.4 Å². The minimum absolute atomic E-state index is 0.0326. The van der Waals surface area contributed by atoms with Crippen molar-refractivity contribution in [3.05, 3.63) is 51.5 Å². The molecule has 1 heterocycles. The summed E-state index contributed by atoms with van der Waals surface area (Å²) >= 11 is 1.34. The maximum absolute atomic E-state index is 13.1. The Morgan fingerprint density at radius 3 is 2.39 bits per heavy atom. The van der Waals surface area contributed by atoms with Gasteiger partial charge in [0.15, 0.2) is 5.69 Å². The Morgan fingerprint density at radius 2 is 1.82 bits per heavy atom. The molecule has 2 aromatic rings. The van der Waals surface area contributed by atoms with E-state index in [0.29, 0.717) is 30.3 Å². The summed E-state index contributed by atoms with van der Waals surface area (Å²) in [6.07, 6.45) is 0.720. The lowest BCUT2D eigenvalue weighted by molar-refractivity contribution is 0.0594. The number of carbonyl (C=O) groups excluding carboxylic acids is 2. The lowest BCUT2D eigenvalue weighted by Gasteiger charge is -2.23. The molecular formula is C21H28N2O4S. The molecule has 0 radical (unpaired) electrons. The third-order valence-corrected chi connectivity index (χ3v) is 5.17. The van der Waals surface area contributed by atoms with Crippen molar-refractivity contribution in [1.29, 1.82) is 0 Å². The zero-order valence-electron chi connectivity index (χ0n) is 17.2. The highest BCUT2D eigenvalue weighted by Crippen LogP contribution is 2.23. The number of thiazole rings is 1. The number of carbonyl (C=O) groups is 2. The maximum atomic E-state index is 13.1. The predicted molar refractivity (Wildman–Crippen MR) is 110 cm³/mol. The van der Waals surface area contributed by atoms with Gasteiger partial charge in [0.2, 0.25) is 0 Å². The van der Waals surface area contributed by atoms with Crippen molar-refractivity contribution in [1.82, 2.24) is 9.88 Å². The van der Waals surface area contributed by atoms with Gasteiger partial charge in [-0.05, 0) is 29.5 Å². The Balaban J connectivity index is 2.18. The first-order valence-corrected chi connectivity index (χ1v) is 10.1. The van der Waals surface area contributed by atoms with Crippen LogP contribution in [-0.2, 0) is 21.4 Å². The molecule has 152 valence electrons. The molecule has 0 bridgehead atoms. The van der Waals surface area contributed by atoms with Crippen molar-refractivity contribution in [3.63, 3.8) is 0 Å². The van der Waals surface area contributed by atoms with E-state index in [0.717, 1.165) is 6.42 Å². The predicted octanol–water partition coefficient (Wildman–Crippen LogP) is 3.91. The van der Waals surface area contributed by atoms with Crippen molar-refractivity contribution >= 4 is 23.2 Å². The van der Waals surface area contributed by atoms with Crippen LogP contribution in [0.25, 0.3) is 0 Å². The smallest absolute Gasteiger partial charge is 0.357 e. The molecule has 0 unspecified atom stereocenters. The van der Waals surface area contributed by atoms with Crippen molar-refractivity contribution < 1.29 is 19.1 Å². The normalized spacial score (nSPS) is 11.3. The quantitative estimate of drug-likeness (QED) is 0.493. The molecule has 1 aromatic heterocycles. The third kappa shape index (κ3) is 5.87.